The first-order chi connectivity index (χ1) is 17.1. The van der Waals surface area contributed by atoms with Crippen molar-refractivity contribution in [2.75, 3.05) is 44.2 Å². The van der Waals surface area contributed by atoms with Crippen LogP contribution in [0.3, 0.4) is 0 Å². The lowest BCUT2D eigenvalue weighted by atomic mass is 9.92. The molecule has 0 bridgehead atoms. The molecule has 6 rings (SSSR count). The molecule has 7 nitrogen and oxygen atoms in total. The minimum absolute atomic E-state index is 0.301. The van der Waals surface area contributed by atoms with Crippen LogP contribution in [0.5, 0.6) is 0 Å². The smallest absolute Gasteiger partial charge is 0.225 e. The molecule has 0 aromatic carbocycles. The van der Waals surface area contributed by atoms with Gasteiger partial charge in [0.15, 0.2) is 0 Å². The highest BCUT2D eigenvalue weighted by Crippen LogP contribution is 2.33. The lowest BCUT2D eigenvalue weighted by Gasteiger charge is -2.36. The average Bonchev–Trinajstić information content (AvgIpc) is 3.66. The highest BCUT2D eigenvalue weighted by Gasteiger charge is 2.34. The van der Waals surface area contributed by atoms with Crippen molar-refractivity contribution in [2.45, 2.75) is 51.5 Å². The molecule has 2 aliphatic heterocycles. The summed E-state index contributed by atoms with van der Waals surface area (Å²) in [4.78, 5) is 24.3. The summed E-state index contributed by atoms with van der Waals surface area (Å²) in [6.45, 7) is 10.2. The normalized spacial score (nSPS) is 20.2. The zero-order valence-electron chi connectivity index (χ0n) is 20.9. The Kier molecular flexibility index (Phi) is 5.96. The van der Waals surface area contributed by atoms with Gasteiger partial charge in [0.1, 0.15) is 0 Å². The van der Waals surface area contributed by atoms with Crippen LogP contribution in [0.4, 0.5) is 5.69 Å². The Labute approximate surface area is 207 Å². The highest BCUT2D eigenvalue weighted by molar-refractivity contribution is 5.82. The van der Waals surface area contributed by atoms with E-state index in [0.717, 1.165) is 68.8 Å². The van der Waals surface area contributed by atoms with E-state index < -0.39 is 0 Å². The zero-order valence-corrected chi connectivity index (χ0v) is 20.9. The summed E-state index contributed by atoms with van der Waals surface area (Å²) >= 11 is 0. The highest BCUT2D eigenvalue weighted by atomic mass is 16.2. The number of rotatable bonds is 5. The quantitative estimate of drug-likeness (QED) is 0.561. The summed E-state index contributed by atoms with van der Waals surface area (Å²) < 4.78 is 1.97. The minimum atomic E-state index is 0.301. The van der Waals surface area contributed by atoms with E-state index in [9.17, 15) is 4.79 Å². The Balaban J connectivity index is 1.16. The van der Waals surface area contributed by atoms with Gasteiger partial charge in [-0.25, -0.2) is 4.52 Å². The SMILES string of the molecule is CC(C)N1CCC(c2ccc(-c3cc4c(N5CCN(C(=O)C6CC6)CC5)ccnn4c3)cn2)CC1. The molecule has 1 saturated carbocycles. The third kappa shape index (κ3) is 4.54. The van der Waals surface area contributed by atoms with E-state index in [4.69, 9.17) is 4.98 Å². The van der Waals surface area contributed by atoms with Gasteiger partial charge < -0.3 is 14.7 Å². The van der Waals surface area contributed by atoms with E-state index in [1.807, 2.05) is 16.9 Å². The fourth-order valence-electron chi connectivity index (χ4n) is 5.71. The standard InChI is InChI=1S/C28H36N6O/c1-20(2)31-11-8-21(9-12-31)25-6-5-23(18-29-25)24-17-27-26(7-10-30-34(27)19-24)32-13-15-33(16-14-32)28(35)22-3-4-22/h5-7,10,17-22H,3-4,8-9,11-16H2,1-2H3. The summed E-state index contributed by atoms with van der Waals surface area (Å²) in [5.74, 6) is 1.22. The van der Waals surface area contributed by atoms with Crippen LogP contribution in [-0.2, 0) is 4.79 Å². The number of carbonyl (C=O) groups is 1. The molecule has 5 heterocycles. The molecule has 3 aromatic heterocycles. The number of piperidine rings is 1. The maximum atomic E-state index is 12.4. The molecule has 1 aliphatic carbocycles. The lowest BCUT2D eigenvalue weighted by Crippen LogP contribution is -2.49. The third-order valence-corrected chi connectivity index (χ3v) is 8.14. The molecule has 1 amide bonds. The van der Waals surface area contributed by atoms with Gasteiger partial charge in [0.25, 0.3) is 0 Å². The van der Waals surface area contributed by atoms with Gasteiger partial charge in [-0.2, -0.15) is 5.10 Å². The second kappa shape index (κ2) is 9.26. The summed E-state index contributed by atoms with van der Waals surface area (Å²) in [7, 11) is 0. The first-order valence-electron chi connectivity index (χ1n) is 13.3. The molecule has 184 valence electrons. The summed E-state index contributed by atoms with van der Waals surface area (Å²) in [6, 6.07) is 9.39. The van der Waals surface area contributed by atoms with Gasteiger partial charge in [0.2, 0.25) is 5.91 Å². The molecule has 7 heteroatoms. The van der Waals surface area contributed by atoms with Crippen molar-refractivity contribution in [3.8, 4) is 11.1 Å². The van der Waals surface area contributed by atoms with Crippen LogP contribution in [0.2, 0.25) is 0 Å². The molecule has 3 aliphatic rings. The molecule has 35 heavy (non-hydrogen) atoms. The number of nitrogens with zero attached hydrogens (tertiary/aromatic N) is 6. The van der Waals surface area contributed by atoms with Gasteiger partial charge in [0, 0.05) is 79.5 Å². The van der Waals surface area contributed by atoms with Crippen molar-refractivity contribution in [3.05, 3.63) is 48.5 Å². The number of hydrogen-bond acceptors (Lipinski definition) is 5. The molecule has 2 saturated heterocycles. The molecule has 3 aromatic rings. The Morgan fingerprint density at radius 1 is 0.943 bits per heavy atom. The number of likely N-dealkylation sites (tertiary alicyclic amines) is 1. The number of pyridine rings is 1. The van der Waals surface area contributed by atoms with Crippen LogP contribution >= 0.6 is 0 Å². The van der Waals surface area contributed by atoms with Crippen molar-refractivity contribution in [3.63, 3.8) is 0 Å². The Morgan fingerprint density at radius 2 is 1.71 bits per heavy atom. The van der Waals surface area contributed by atoms with Crippen molar-refractivity contribution < 1.29 is 4.79 Å². The van der Waals surface area contributed by atoms with E-state index in [1.165, 1.54) is 24.2 Å². The van der Waals surface area contributed by atoms with Crippen LogP contribution in [0.15, 0.2) is 42.9 Å². The van der Waals surface area contributed by atoms with Crippen LogP contribution in [0, 0.1) is 5.92 Å². The second-order valence-electron chi connectivity index (χ2n) is 10.7. The van der Waals surface area contributed by atoms with Crippen molar-refractivity contribution in [1.29, 1.82) is 0 Å². The number of aromatic nitrogens is 3. The molecule has 0 radical (unpaired) electrons. The van der Waals surface area contributed by atoms with Gasteiger partial charge in [-0.3, -0.25) is 9.78 Å². The number of hydrogen-bond donors (Lipinski definition) is 0. The van der Waals surface area contributed by atoms with E-state index in [1.54, 1.807) is 0 Å². The lowest BCUT2D eigenvalue weighted by molar-refractivity contribution is -0.132. The number of carbonyl (C=O) groups excluding carboxylic acids is 1. The molecule has 0 spiro atoms. The molecule has 0 unspecified atom stereocenters. The third-order valence-electron chi connectivity index (χ3n) is 8.14. The molecule has 0 N–H and O–H groups in total. The summed E-state index contributed by atoms with van der Waals surface area (Å²) in [5, 5.41) is 4.57. The maximum Gasteiger partial charge on any atom is 0.225 e. The first kappa shape index (κ1) is 22.5. The van der Waals surface area contributed by atoms with Crippen LogP contribution in [-0.4, -0.2) is 75.6 Å². The largest absolute Gasteiger partial charge is 0.366 e. The van der Waals surface area contributed by atoms with Crippen molar-refractivity contribution in [1.82, 2.24) is 24.4 Å². The van der Waals surface area contributed by atoms with Crippen LogP contribution in [0.25, 0.3) is 16.6 Å². The number of fused-ring (bicyclic) bond motifs is 1. The average molecular weight is 473 g/mol. The van der Waals surface area contributed by atoms with Crippen LogP contribution in [0.1, 0.15) is 51.1 Å². The summed E-state index contributed by atoms with van der Waals surface area (Å²) in [5.41, 5.74) is 5.78. The van der Waals surface area contributed by atoms with E-state index in [0.29, 0.717) is 23.8 Å². The van der Waals surface area contributed by atoms with E-state index >= 15 is 0 Å². The molecule has 0 atom stereocenters. The molecule has 3 fully saturated rings. The fraction of sp³-hybridized carbons (Fsp3) is 0.536. The van der Waals surface area contributed by atoms with Crippen molar-refractivity contribution in [2.24, 2.45) is 5.92 Å². The monoisotopic (exact) mass is 472 g/mol. The predicted octanol–water partition coefficient (Wildman–Crippen LogP) is 4.04. The fourth-order valence-corrected chi connectivity index (χ4v) is 5.71. The number of anilines is 1. The molecular weight excluding hydrogens is 436 g/mol. The second-order valence-corrected chi connectivity index (χ2v) is 10.7. The predicted molar refractivity (Wildman–Crippen MR) is 139 cm³/mol. The van der Waals surface area contributed by atoms with Crippen molar-refractivity contribution >= 4 is 17.1 Å². The topological polar surface area (TPSA) is 57.0 Å². The summed E-state index contributed by atoms with van der Waals surface area (Å²) in [6.07, 6.45) is 10.5. The molecular formula is C28H36N6O. The Morgan fingerprint density at radius 3 is 2.37 bits per heavy atom. The Hall–Kier alpha value is -2.93. The Bertz CT molecular complexity index is 1180. The maximum absolute atomic E-state index is 12.4. The van der Waals surface area contributed by atoms with Crippen LogP contribution < -0.4 is 4.90 Å². The van der Waals surface area contributed by atoms with E-state index in [2.05, 4.69) is 64.1 Å². The zero-order chi connectivity index (χ0) is 23.9. The minimum Gasteiger partial charge on any atom is -0.366 e. The van der Waals surface area contributed by atoms with E-state index in [-0.39, 0.29) is 0 Å². The van der Waals surface area contributed by atoms with Gasteiger partial charge >= 0.3 is 0 Å². The van der Waals surface area contributed by atoms with Gasteiger partial charge in [-0.15, -0.1) is 0 Å². The van der Waals surface area contributed by atoms with Gasteiger partial charge in [0.05, 0.1) is 11.2 Å². The van der Waals surface area contributed by atoms with Gasteiger partial charge in [-0.05, 0) is 70.8 Å². The number of amides is 1. The number of piperazine rings is 1. The first-order valence-corrected chi connectivity index (χ1v) is 13.3. The van der Waals surface area contributed by atoms with Gasteiger partial charge in [-0.1, -0.05) is 6.07 Å².